The van der Waals surface area contributed by atoms with Crippen LogP contribution in [0.5, 0.6) is 11.5 Å². The molecule has 0 saturated carbocycles. The van der Waals surface area contributed by atoms with Gasteiger partial charge in [-0.1, -0.05) is 42.5 Å². The summed E-state index contributed by atoms with van der Waals surface area (Å²) in [5.74, 6) is 1.51. The lowest BCUT2D eigenvalue weighted by atomic mass is 9.99. The van der Waals surface area contributed by atoms with Gasteiger partial charge in [-0.15, -0.1) is 11.3 Å². The number of fused-ring (bicyclic) bond motifs is 1. The van der Waals surface area contributed by atoms with Crippen molar-refractivity contribution < 1.29 is 19.0 Å². The second kappa shape index (κ2) is 11.3. The van der Waals surface area contributed by atoms with Crippen LogP contribution in [0.3, 0.4) is 0 Å². The largest absolute Gasteiger partial charge is 0.496 e. The summed E-state index contributed by atoms with van der Waals surface area (Å²) < 4.78 is 18.2. The van der Waals surface area contributed by atoms with Crippen molar-refractivity contribution in [1.29, 1.82) is 0 Å². The summed E-state index contributed by atoms with van der Waals surface area (Å²) in [4.78, 5) is 18.2. The van der Waals surface area contributed by atoms with Gasteiger partial charge in [-0.05, 0) is 29.8 Å². The molecule has 0 aliphatic carbocycles. The molecule has 2 heterocycles. The number of hydrogen-bond donors (Lipinski definition) is 0. The monoisotopic (exact) mass is 516 g/mol. The van der Waals surface area contributed by atoms with E-state index < -0.39 is 0 Å². The molecule has 1 aliphatic rings. The lowest BCUT2D eigenvalue weighted by molar-refractivity contribution is 0.0339. The Kier molecular flexibility index (Phi) is 7.74. The van der Waals surface area contributed by atoms with Crippen LogP contribution in [0, 0.1) is 0 Å². The van der Waals surface area contributed by atoms with Crippen LogP contribution in [0.2, 0.25) is 0 Å². The maximum absolute atomic E-state index is 13.9. The van der Waals surface area contributed by atoms with Crippen molar-refractivity contribution in [3.8, 4) is 11.5 Å². The highest BCUT2D eigenvalue weighted by molar-refractivity contribution is 7.23. The number of rotatable bonds is 9. The number of anilines is 1. The number of carbonyl (C=O) groups excluding carboxylic acids is 1. The summed E-state index contributed by atoms with van der Waals surface area (Å²) >= 11 is 1.60. The van der Waals surface area contributed by atoms with E-state index >= 15 is 0 Å². The van der Waals surface area contributed by atoms with Gasteiger partial charge in [-0.3, -0.25) is 9.69 Å². The quantitative estimate of drug-likeness (QED) is 0.269. The molecule has 0 atom stereocenters. The lowest BCUT2D eigenvalue weighted by Gasteiger charge is -2.27. The van der Waals surface area contributed by atoms with Gasteiger partial charge in [-0.25, -0.2) is 0 Å². The zero-order valence-electron chi connectivity index (χ0n) is 21.5. The molecular formula is C30H32N2O4S. The predicted molar refractivity (Wildman–Crippen MR) is 149 cm³/mol. The van der Waals surface area contributed by atoms with Crippen molar-refractivity contribution >= 4 is 32.2 Å². The normalized spacial score (nSPS) is 14.0. The second-order valence-corrected chi connectivity index (χ2v) is 10.4. The third-order valence-corrected chi connectivity index (χ3v) is 7.89. The van der Waals surface area contributed by atoms with E-state index in [4.69, 9.17) is 14.2 Å². The summed E-state index contributed by atoms with van der Waals surface area (Å²) in [6.45, 7) is 4.56. The molecule has 1 aliphatic heterocycles. The molecule has 5 rings (SSSR count). The fourth-order valence-electron chi connectivity index (χ4n) is 4.59. The highest BCUT2D eigenvalue weighted by Gasteiger charge is 2.23. The van der Waals surface area contributed by atoms with E-state index in [-0.39, 0.29) is 5.78 Å². The lowest BCUT2D eigenvalue weighted by Crippen LogP contribution is -2.35. The van der Waals surface area contributed by atoms with Crippen LogP contribution in [0.25, 0.3) is 10.1 Å². The van der Waals surface area contributed by atoms with E-state index in [1.54, 1.807) is 18.4 Å². The molecule has 6 nitrogen and oxygen atoms in total. The van der Waals surface area contributed by atoms with Crippen LogP contribution in [0.15, 0.2) is 66.7 Å². The van der Waals surface area contributed by atoms with Crippen LogP contribution in [0.4, 0.5) is 5.00 Å². The summed E-state index contributed by atoms with van der Waals surface area (Å²) in [7, 11) is 5.61. The fourth-order valence-corrected chi connectivity index (χ4v) is 5.74. The highest BCUT2D eigenvalue weighted by Crippen LogP contribution is 2.40. The van der Waals surface area contributed by atoms with Crippen molar-refractivity contribution in [2.24, 2.45) is 0 Å². The van der Waals surface area contributed by atoms with Crippen LogP contribution in [-0.2, 0) is 17.9 Å². The predicted octanol–water partition coefficient (Wildman–Crippen LogP) is 5.62. The molecule has 1 saturated heterocycles. The molecule has 1 fully saturated rings. The molecule has 0 N–H and O–H groups in total. The molecule has 0 amide bonds. The molecule has 0 spiro atoms. The first-order valence-electron chi connectivity index (χ1n) is 12.5. The minimum absolute atomic E-state index is 0.0101. The first-order chi connectivity index (χ1) is 18.0. The van der Waals surface area contributed by atoms with Gasteiger partial charge in [0.15, 0.2) is 5.78 Å². The zero-order chi connectivity index (χ0) is 25.8. The van der Waals surface area contributed by atoms with Crippen molar-refractivity contribution in [2.75, 3.05) is 52.4 Å². The second-order valence-electron chi connectivity index (χ2n) is 9.35. The molecular weight excluding hydrogens is 484 g/mol. The van der Waals surface area contributed by atoms with E-state index in [1.165, 1.54) is 0 Å². The fraction of sp³-hybridized carbons (Fsp3) is 0.300. The zero-order valence-corrected chi connectivity index (χ0v) is 22.3. The Morgan fingerprint density at radius 1 is 1.03 bits per heavy atom. The van der Waals surface area contributed by atoms with E-state index in [0.29, 0.717) is 17.7 Å². The molecule has 4 aromatic rings. The van der Waals surface area contributed by atoms with Gasteiger partial charge >= 0.3 is 0 Å². The Morgan fingerprint density at radius 2 is 1.81 bits per heavy atom. The Bertz CT molecular complexity index is 1380. The number of nitrogens with zero attached hydrogens (tertiary/aromatic N) is 2. The van der Waals surface area contributed by atoms with Crippen LogP contribution in [0.1, 0.15) is 27.0 Å². The summed E-state index contributed by atoms with van der Waals surface area (Å²) in [5, 5.41) is 1.86. The Balaban J connectivity index is 1.43. The number of methoxy groups -OCH3 is 1. The number of morpholine rings is 1. The molecule has 3 aromatic carbocycles. The van der Waals surface area contributed by atoms with Crippen LogP contribution < -0.4 is 14.4 Å². The van der Waals surface area contributed by atoms with E-state index in [1.807, 2.05) is 85.7 Å². The van der Waals surface area contributed by atoms with Crippen molar-refractivity contribution in [3.63, 3.8) is 0 Å². The standard InChI is InChI=1S/C30H32N2O4S/c1-31(2)30-28(25-12-11-24(18-27(25)37-30)36-20-21-7-5-4-6-8-21)29(33)22-9-10-23(26(17-22)34-3)19-32-13-15-35-16-14-32/h4-12,17-18H,13-16,19-20H2,1-3H3. The average Bonchev–Trinajstić information content (AvgIpc) is 3.32. The van der Waals surface area contributed by atoms with Crippen molar-refractivity contribution in [1.82, 2.24) is 4.90 Å². The van der Waals surface area contributed by atoms with Crippen molar-refractivity contribution in [3.05, 3.63) is 89.0 Å². The van der Waals surface area contributed by atoms with Gasteiger partial charge in [0.2, 0.25) is 0 Å². The van der Waals surface area contributed by atoms with Gasteiger partial charge in [0, 0.05) is 54.9 Å². The molecule has 0 radical (unpaired) electrons. The first kappa shape index (κ1) is 25.3. The maximum Gasteiger partial charge on any atom is 0.196 e. The number of ketones is 1. The van der Waals surface area contributed by atoms with E-state index in [9.17, 15) is 4.79 Å². The highest BCUT2D eigenvalue weighted by atomic mass is 32.1. The Hall–Kier alpha value is -3.39. The maximum atomic E-state index is 13.9. The van der Waals surface area contributed by atoms with Gasteiger partial charge < -0.3 is 19.1 Å². The molecule has 37 heavy (non-hydrogen) atoms. The first-order valence-corrected chi connectivity index (χ1v) is 13.3. The Morgan fingerprint density at radius 3 is 2.54 bits per heavy atom. The molecule has 1 aromatic heterocycles. The van der Waals surface area contributed by atoms with Crippen LogP contribution >= 0.6 is 11.3 Å². The third-order valence-electron chi connectivity index (χ3n) is 6.57. The Labute approximate surface area is 222 Å². The summed E-state index contributed by atoms with van der Waals surface area (Å²) in [5.41, 5.74) is 3.52. The molecule has 192 valence electrons. The third kappa shape index (κ3) is 5.64. The minimum atomic E-state index is -0.0101. The number of benzene rings is 3. The topological polar surface area (TPSA) is 51.2 Å². The number of ether oxygens (including phenoxy) is 3. The van der Waals surface area contributed by atoms with Crippen LogP contribution in [-0.4, -0.2) is 58.2 Å². The number of thiophene rings is 1. The van der Waals surface area contributed by atoms with Crippen molar-refractivity contribution in [2.45, 2.75) is 13.2 Å². The SMILES string of the molecule is COc1cc(C(=O)c2c(N(C)C)sc3cc(OCc4ccccc4)ccc23)ccc1CN1CCOCC1. The average molecular weight is 517 g/mol. The number of carbonyl (C=O) groups is 1. The molecule has 0 unspecified atom stereocenters. The number of hydrogen-bond acceptors (Lipinski definition) is 7. The summed E-state index contributed by atoms with van der Waals surface area (Å²) in [6.07, 6.45) is 0. The van der Waals surface area contributed by atoms with Gasteiger partial charge in [0.05, 0.1) is 25.9 Å². The molecule has 0 bridgehead atoms. The summed E-state index contributed by atoms with van der Waals surface area (Å²) in [6, 6.07) is 21.9. The minimum Gasteiger partial charge on any atom is -0.496 e. The smallest absolute Gasteiger partial charge is 0.196 e. The van der Waals surface area contributed by atoms with E-state index in [2.05, 4.69) is 4.90 Å². The van der Waals surface area contributed by atoms with Gasteiger partial charge in [0.1, 0.15) is 23.1 Å². The molecule has 7 heteroatoms. The van der Waals surface area contributed by atoms with Gasteiger partial charge in [-0.2, -0.15) is 0 Å². The van der Waals surface area contributed by atoms with E-state index in [0.717, 1.165) is 70.6 Å². The van der Waals surface area contributed by atoms with Gasteiger partial charge in [0.25, 0.3) is 0 Å².